The zero-order valence-electron chi connectivity index (χ0n) is 29.1. The Morgan fingerprint density at radius 1 is 0.826 bits per heavy atom. The predicted octanol–water partition coefficient (Wildman–Crippen LogP) is 4.47. The summed E-state index contributed by atoms with van der Waals surface area (Å²) in [7, 11) is 0. The van der Waals surface area contributed by atoms with Gasteiger partial charge in [0.15, 0.2) is 6.61 Å². The summed E-state index contributed by atoms with van der Waals surface area (Å²) in [5, 5.41) is 18.2. The average Bonchev–Trinajstić information content (AvgIpc) is 3.35. The van der Waals surface area contributed by atoms with Crippen LogP contribution in [-0.4, -0.2) is 89.5 Å². The first-order valence-electron chi connectivity index (χ1n) is 17.6. The molecule has 10 nitrogen and oxygen atoms in total. The van der Waals surface area contributed by atoms with Crippen molar-refractivity contribution in [1.82, 2.24) is 4.90 Å². The first kappa shape index (κ1) is 36.8. The summed E-state index contributed by atoms with van der Waals surface area (Å²) in [6, 6.07) is 0. The van der Waals surface area contributed by atoms with Gasteiger partial charge in [-0.05, 0) is 133 Å². The topological polar surface area (TPSA) is 140 Å². The van der Waals surface area contributed by atoms with Gasteiger partial charge < -0.3 is 24.4 Å². The van der Waals surface area contributed by atoms with E-state index in [1.807, 2.05) is 6.92 Å². The quantitative estimate of drug-likeness (QED) is 0.205. The minimum absolute atomic E-state index is 0.0257. The third-order valence-corrected chi connectivity index (χ3v) is 12.6. The van der Waals surface area contributed by atoms with Crippen LogP contribution in [0.15, 0.2) is 0 Å². The number of Topliss-reactive ketones (excluding diaryl/α,β-unsaturated/α-hetero) is 1. The van der Waals surface area contributed by atoms with E-state index in [4.69, 9.17) is 24.4 Å². The standard InChI is InChI=1S/C36H59NO9/c1-24(40)27-11-12-28-26-10-9-25-21-34(4,15-16-35(25,5)29(26)13-14-36(27,28)6)46-31(42)23-44-32(43)33(2,3)45-30(41)22-37(17-7-19-38)18-8-20-39/h25-29,38-39H,7-23H2,1-6H3/t25-,26-,27+,28-,29-,34+,35-,36+/m0/s1. The molecule has 0 aromatic rings. The average molecular weight is 650 g/mol. The van der Waals surface area contributed by atoms with Crippen molar-refractivity contribution in [2.75, 3.05) is 39.5 Å². The molecule has 0 bridgehead atoms. The molecule has 4 aliphatic carbocycles. The molecule has 262 valence electrons. The minimum atomic E-state index is -1.61. The largest absolute Gasteiger partial charge is 0.457 e. The van der Waals surface area contributed by atoms with E-state index in [1.165, 1.54) is 33.1 Å². The molecule has 0 aromatic heterocycles. The van der Waals surface area contributed by atoms with Crippen LogP contribution in [-0.2, 0) is 33.4 Å². The van der Waals surface area contributed by atoms with Crippen LogP contribution in [0, 0.1) is 40.4 Å². The maximum Gasteiger partial charge on any atom is 0.350 e. The van der Waals surface area contributed by atoms with E-state index in [2.05, 4.69) is 13.8 Å². The van der Waals surface area contributed by atoms with Gasteiger partial charge in [-0.1, -0.05) is 13.8 Å². The maximum atomic E-state index is 12.9. The highest BCUT2D eigenvalue weighted by Gasteiger charge is 2.62. The Morgan fingerprint density at radius 3 is 2.11 bits per heavy atom. The number of aliphatic hydroxyl groups excluding tert-OH is 2. The Balaban J connectivity index is 1.27. The molecule has 2 N–H and O–H groups in total. The summed E-state index contributed by atoms with van der Waals surface area (Å²) < 4.78 is 16.7. The molecule has 4 fully saturated rings. The van der Waals surface area contributed by atoms with Gasteiger partial charge in [-0.25, -0.2) is 9.59 Å². The lowest BCUT2D eigenvalue weighted by molar-refractivity contribution is -0.191. The van der Waals surface area contributed by atoms with Gasteiger partial charge in [0, 0.05) is 32.2 Å². The number of ketones is 1. The third-order valence-electron chi connectivity index (χ3n) is 12.6. The van der Waals surface area contributed by atoms with Crippen molar-refractivity contribution in [2.24, 2.45) is 40.4 Å². The molecule has 0 aromatic carbocycles. The highest BCUT2D eigenvalue weighted by molar-refractivity contribution is 5.85. The lowest BCUT2D eigenvalue weighted by Crippen LogP contribution is -2.56. The Labute approximate surface area is 275 Å². The van der Waals surface area contributed by atoms with E-state index in [9.17, 15) is 19.2 Å². The fraction of sp³-hybridized carbons (Fsp3) is 0.889. The van der Waals surface area contributed by atoms with Crippen molar-refractivity contribution in [3.8, 4) is 0 Å². The van der Waals surface area contributed by atoms with Gasteiger partial charge >= 0.3 is 17.9 Å². The zero-order valence-corrected chi connectivity index (χ0v) is 29.1. The second kappa shape index (κ2) is 14.6. The summed E-state index contributed by atoms with van der Waals surface area (Å²) >= 11 is 0. The molecule has 0 spiro atoms. The number of carbonyl (C=O) groups excluding carboxylic acids is 4. The summed E-state index contributed by atoms with van der Waals surface area (Å²) in [5.41, 5.74) is -1.91. The van der Waals surface area contributed by atoms with Crippen molar-refractivity contribution in [1.29, 1.82) is 0 Å². The molecule has 0 radical (unpaired) electrons. The summed E-state index contributed by atoms with van der Waals surface area (Å²) in [6.45, 7) is 11.6. The van der Waals surface area contributed by atoms with Gasteiger partial charge in [-0.15, -0.1) is 0 Å². The molecule has 46 heavy (non-hydrogen) atoms. The van der Waals surface area contributed by atoms with Crippen LogP contribution in [0.25, 0.3) is 0 Å². The molecule has 0 saturated heterocycles. The van der Waals surface area contributed by atoms with Gasteiger partial charge in [-0.3, -0.25) is 14.5 Å². The fourth-order valence-corrected chi connectivity index (χ4v) is 10.2. The van der Waals surface area contributed by atoms with Gasteiger partial charge in [-0.2, -0.15) is 0 Å². The van der Waals surface area contributed by atoms with E-state index >= 15 is 0 Å². The second-order valence-electron chi connectivity index (χ2n) is 16.1. The maximum absolute atomic E-state index is 12.9. The minimum Gasteiger partial charge on any atom is -0.457 e. The Hall–Kier alpha value is -2.04. The monoisotopic (exact) mass is 649 g/mol. The number of aliphatic hydroxyl groups is 2. The van der Waals surface area contributed by atoms with Crippen molar-refractivity contribution in [2.45, 2.75) is 123 Å². The Kier molecular flexibility index (Phi) is 11.7. The highest BCUT2D eigenvalue weighted by atomic mass is 16.6. The number of nitrogens with zero attached hydrogens (tertiary/aromatic N) is 1. The number of hydrogen-bond acceptors (Lipinski definition) is 10. The molecular weight excluding hydrogens is 590 g/mol. The van der Waals surface area contributed by atoms with Gasteiger partial charge in [0.1, 0.15) is 11.4 Å². The number of carbonyl (C=O) groups is 4. The van der Waals surface area contributed by atoms with E-state index in [0.717, 1.165) is 38.5 Å². The Bertz CT molecular complexity index is 1120. The van der Waals surface area contributed by atoms with Crippen molar-refractivity contribution >= 4 is 23.7 Å². The number of ether oxygens (including phenoxy) is 3. The van der Waals surface area contributed by atoms with Crippen LogP contribution < -0.4 is 0 Å². The SMILES string of the molecule is CC(=O)[C@H]1CC[C@H]2[C@@H]3CC[C@H]4C[C@](C)(OC(=O)COC(=O)C(C)(C)OC(=O)CN(CCCO)CCCO)CC[C@]4(C)[C@H]3CC[C@]12C. The van der Waals surface area contributed by atoms with Crippen molar-refractivity contribution < 1.29 is 43.6 Å². The predicted molar refractivity (Wildman–Crippen MR) is 171 cm³/mol. The number of hydrogen-bond donors (Lipinski definition) is 2. The molecule has 0 amide bonds. The number of fused-ring (bicyclic) bond motifs is 5. The number of esters is 3. The van der Waals surface area contributed by atoms with Gasteiger partial charge in [0.25, 0.3) is 0 Å². The molecule has 10 heteroatoms. The first-order chi connectivity index (χ1) is 21.6. The molecule has 0 heterocycles. The fourth-order valence-electron chi connectivity index (χ4n) is 10.2. The smallest absolute Gasteiger partial charge is 0.350 e. The number of rotatable bonds is 14. The summed E-state index contributed by atoms with van der Waals surface area (Å²) in [4.78, 5) is 52.6. The van der Waals surface area contributed by atoms with Crippen LogP contribution in [0.5, 0.6) is 0 Å². The lowest BCUT2D eigenvalue weighted by atomic mass is 9.44. The van der Waals surface area contributed by atoms with Gasteiger partial charge in [0.2, 0.25) is 5.60 Å². The molecule has 0 aliphatic heterocycles. The molecule has 0 unspecified atom stereocenters. The third kappa shape index (κ3) is 7.81. The van der Waals surface area contributed by atoms with Crippen LogP contribution >= 0.6 is 0 Å². The van der Waals surface area contributed by atoms with Crippen LogP contribution in [0.4, 0.5) is 0 Å². The zero-order chi connectivity index (χ0) is 33.9. The summed E-state index contributed by atoms with van der Waals surface area (Å²) in [5.74, 6) is 0.864. The highest BCUT2D eigenvalue weighted by Crippen LogP contribution is 2.68. The van der Waals surface area contributed by atoms with Crippen LogP contribution in [0.3, 0.4) is 0 Å². The molecule has 8 atom stereocenters. The van der Waals surface area contributed by atoms with Crippen LogP contribution in [0.2, 0.25) is 0 Å². The van der Waals surface area contributed by atoms with E-state index < -0.39 is 35.7 Å². The van der Waals surface area contributed by atoms with Gasteiger partial charge in [0.05, 0.1) is 6.54 Å². The Morgan fingerprint density at radius 2 is 1.48 bits per heavy atom. The van der Waals surface area contributed by atoms with E-state index in [-0.39, 0.29) is 36.5 Å². The summed E-state index contributed by atoms with van der Waals surface area (Å²) in [6.07, 6.45) is 10.2. The van der Waals surface area contributed by atoms with Crippen LogP contribution in [0.1, 0.15) is 112 Å². The van der Waals surface area contributed by atoms with Crippen molar-refractivity contribution in [3.63, 3.8) is 0 Å². The molecule has 4 aliphatic rings. The molecule has 4 saturated carbocycles. The van der Waals surface area contributed by atoms with E-state index in [0.29, 0.717) is 55.4 Å². The molecular formula is C36H59NO9. The normalized spacial score (nSPS) is 35.5. The lowest BCUT2D eigenvalue weighted by Gasteiger charge is -2.62. The van der Waals surface area contributed by atoms with Crippen molar-refractivity contribution in [3.05, 3.63) is 0 Å². The van der Waals surface area contributed by atoms with E-state index in [1.54, 1.807) is 11.8 Å². The second-order valence-corrected chi connectivity index (χ2v) is 16.1. The first-order valence-corrected chi connectivity index (χ1v) is 17.6. The molecule has 4 rings (SSSR count).